The number of para-hydroxylation sites is 2. The highest BCUT2D eigenvalue weighted by molar-refractivity contribution is 5.40. The van der Waals surface area contributed by atoms with Crippen LogP contribution < -0.4 is 14.8 Å². The van der Waals surface area contributed by atoms with Crippen LogP contribution in [0.1, 0.15) is 27.2 Å². The van der Waals surface area contributed by atoms with Gasteiger partial charge in [-0.3, -0.25) is 0 Å². The minimum atomic E-state index is 0.106. The Morgan fingerprint density at radius 2 is 1.94 bits per heavy atom. The van der Waals surface area contributed by atoms with E-state index in [9.17, 15) is 0 Å². The first-order valence-corrected chi connectivity index (χ1v) is 6.77. The zero-order chi connectivity index (χ0) is 13.0. The lowest BCUT2D eigenvalue weighted by Gasteiger charge is -2.28. The molecule has 0 bridgehead atoms. The van der Waals surface area contributed by atoms with E-state index in [0.29, 0.717) is 12.6 Å². The van der Waals surface area contributed by atoms with Gasteiger partial charge in [0.2, 0.25) is 0 Å². The largest absolute Gasteiger partial charge is 0.486 e. The van der Waals surface area contributed by atoms with Crippen LogP contribution in [0.3, 0.4) is 0 Å². The molecule has 0 amide bonds. The summed E-state index contributed by atoms with van der Waals surface area (Å²) in [5, 5.41) is 3.51. The summed E-state index contributed by atoms with van der Waals surface area (Å²) in [6.07, 6.45) is 1.29. The van der Waals surface area contributed by atoms with E-state index in [1.807, 2.05) is 24.3 Å². The second-order valence-corrected chi connectivity index (χ2v) is 5.44. The number of hydrogen-bond acceptors (Lipinski definition) is 3. The Balaban J connectivity index is 1.79. The van der Waals surface area contributed by atoms with Gasteiger partial charge in [-0.05, 0) is 31.4 Å². The number of ether oxygens (including phenoxy) is 2. The minimum Gasteiger partial charge on any atom is -0.486 e. The Kier molecular flexibility index (Phi) is 4.48. The molecule has 0 fully saturated rings. The normalized spacial score (nSPS) is 19.9. The van der Waals surface area contributed by atoms with Gasteiger partial charge in [0.15, 0.2) is 11.5 Å². The third-order valence-corrected chi connectivity index (χ3v) is 3.09. The van der Waals surface area contributed by atoms with Gasteiger partial charge in [0.05, 0.1) is 0 Å². The van der Waals surface area contributed by atoms with Crippen LogP contribution in [0.5, 0.6) is 11.5 Å². The first-order chi connectivity index (χ1) is 8.65. The number of rotatable bonds is 5. The summed E-state index contributed by atoms with van der Waals surface area (Å²) in [4.78, 5) is 0. The fourth-order valence-electron chi connectivity index (χ4n) is 2.29. The van der Waals surface area contributed by atoms with E-state index >= 15 is 0 Å². The topological polar surface area (TPSA) is 30.5 Å². The molecule has 0 saturated carbocycles. The molecule has 1 aromatic carbocycles. The summed E-state index contributed by atoms with van der Waals surface area (Å²) in [6, 6.07) is 8.36. The van der Waals surface area contributed by atoms with E-state index in [1.165, 1.54) is 6.42 Å². The highest BCUT2D eigenvalue weighted by Crippen LogP contribution is 2.30. The Bertz CT molecular complexity index is 379. The van der Waals surface area contributed by atoms with Crippen LogP contribution in [0.4, 0.5) is 0 Å². The molecule has 1 aliphatic rings. The highest BCUT2D eigenvalue weighted by Gasteiger charge is 2.20. The smallest absolute Gasteiger partial charge is 0.161 e. The third-order valence-electron chi connectivity index (χ3n) is 3.09. The number of nitrogens with one attached hydrogen (secondary N) is 1. The predicted molar refractivity (Wildman–Crippen MR) is 73.3 cm³/mol. The molecule has 0 saturated heterocycles. The first kappa shape index (κ1) is 13.2. The first-order valence-electron chi connectivity index (χ1n) is 6.77. The molecule has 2 atom stereocenters. The molecule has 1 heterocycles. The lowest BCUT2D eigenvalue weighted by atomic mass is 10.1. The van der Waals surface area contributed by atoms with E-state index in [2.05, 4.69) is 26.1 Å². The molecule has 0 aromatic heterocycles. The molecule has 0 spiro atoms. The van der Waals surface area contributed by atoms with Gasteiger partial charge in [-0.15, -0.1) is 0 Å². The second kappa shape index (κ2) is 6.10. The maximum absolute atomic E-state index is 5.90. The standard InChI is InChI=1S/C15H23NO2/c1-11(2)8-12(3)16-9-13-10-17-14-6-4-5-7-15(14)18-13/h4-7,11-13,16H,8-10H2,1-3H3. The molecule has 1 aromatic rings. The third kappa shape index (κ3) is 3.64. The maximum atomic E-state index is 5.90. The summed E-state index contributed by atoms with van der Waals surface area (Å²) in [6.45, 7) is 8.17. The quantitative estimate of drug-likeness (QED) is 0.870. The molecular weight excluding hydrogens is 226 g/mol. The van der Waals surface area contributed by atoms with Crippen LogP contribution >= 0.6 is 0 Å². The molecule has 3 nitrogen and oxygen atoms in total. The number of hydrogen-bond donors (Lipinski definition) is 1. The summed E-state index contributed by atoms with van der Waals surface area (Å²) in [5.41, 5.74) is 0. The van der Waals surface area contributed by atoms with Crippen LogP contribution in [0, 0.1) is 5.92 Å². The van der Waals surface area contributed by atoms with E-state index in [0.717, 1.165) is 24.0 Å². The molecule has 3 heteroatoms. The van der Waals surface area contributed by atoms with E-state index < -0.39 is 0 Å². The molecule has 1 N–H and O–H groups in total. The van der Waals surface area contributed by atoms with Crippen molar-refractivity contribution in [2.24, 2.45) is 5.92 Å². The average molecular weight is 249 g/mol. The van der Waals surface area contributed by atoms with Crippen molar-refractivity contribution >= 4 is 0 Å². The molecule has 2 rings (SSSR count). The van der Waals surface area contributed by atoms with Crippen molar-refractivity contribution in [2.45, 2.75) is 39.3 Å². The van der Waals surface area contributed by atoms with Crippen LogP contribution in [0.2, 0.25) is 0 Å². The SMILES string of the molecule is CC(C)CC(C)NCC1COc2ccccc2O1. The summed E-state index contributed by atoms with van der Waals surface area (Å²) in [5.74, 6) is 2.42. The van der Waals surface area contributed by atoms with Gasteiger partial charge in [-0.2, -0.15) is 0 Å². The molecule has 2 unspecified atom stereocenters. The van der Waals surface area contributed by atoms with Gasteiger partial charge < -0.3 is 14.8 Å². The summed E-state index contributed by atoms with van der Waals surface area (Å²) in [7, 11) is 0. The van der Waals surface area contributed by atoms with Gasteiger partial charge in [-0.25, -0.2) is 0 Å². The summed E-state index contributed by atoms with van der Waals surface area (Å²) < 4.78 is 11.6. The van der Waals surface area contributed by atoms with Crippen molar-refractivity contribution in [1.29, 1.82) is 0 Å². The molecule has 100 valence electrons. The maximum Gasteiger partial charge on any atom is 0.161 e. The number of benzene rings is 1. The zero-order valence-electron chi connectivity index (χ0n) is 11.5. The molecule has 0 radical (unpaired) electrons. The van der Waals surface area contributed by atoms with Crippen molar-refractivity contribution in [3.8, 4) is 11.5 Å². The molecule has 1 aliphatic heterocycles. The summed E-state index contributed by atoms with van der Waals surface area (Å²) >= 11 is 0. The lowest BCUT2D eigenvalue weighted by molar-refractivity contribution is 0.0880. The van der Waals surface area contributed by atoms with Crippen molar-refractivity contribution < 1.29 is 9.47 Å². The zero-order valence-corrected chi connectivity index (χ0v) is 11.5. The highest BCUT2D eigenvalue weighted by atomic mass is 16.6. The monoisotopic (exact) mass is 249 g/mol. The van der Waals surface area contributed by atoms with Gasteiger partial charge in [0.25, 0.3) is 0 Å². The Hall–Kier alpha value is -1.22. The van der Waals surface area contributed by atoms with Gasteiger partial charge in [-0.1, -0.05) is 26.0 Å². The fourth-order valence-corrected chi connectivity index (χ4v) is 2.29. The van der Waals surface area contributed by atoms with E-state index in [4.69, 9.17) is 9.47 Å². The average Bonchev–Trinajstić information content (AvgIpc) is 2.35. The molecular formula is C15H23NO2. The van der Waals surface area contributed by atoms with Crippen molar-refractivity contribution in [2.75, 3.05) is 13.2 Å². The second-order valence-electron chi connectivity index (χ2n) is 5.44. The van der Waals surface area contributed by atoms with Crippen LogP contribution in [-0.4, -0.2) is 25.3 Å². The van der Waals surface area contributed by atoms with Gasteiger partial charge >= 0.3 is 0 Å². The Labute approximate surface area is 109 Å². The van der Waals surface area contributed by atoms with E-state index in [-0.39, 0.29) is 6.10 Å². The predicted octanol–water partition coefficient (Wildman–Crippen LogP) is 2.85. The number of fused-ring (bicyclic) bond motifs is 1. The lowest BCUT2D eigenvalue weighted by Crippen LogP contribution is -2.41. The molecule has 18 heavy (non-hydrogen) atoms. The Morgan fingerprint density at radius 1 is 1.22 bits per heavy atom. The Morgan fingerprint density at radius 3 is 2.67 bits per heavy atom. The van der Waals surface area contributed by atoms with Gasteiger partial charge in [0.1, 0.15) is 12.7 Å². The van der Waals surface area contributed by atoms with Crippen molar-refractivity contribution in [3.05, 3.63) is 24.3 Å². The van der Waals surface area contributed by atoms with Crippen molar-refractivity contribution in [1.82, 2.24) is 5.32 Å². The van der Waals surface area contributed by atoms with Crippen LogP contribution in [-0.2, 0) is 0 Å². The van der Waals surface area contributed by atoms with E-state index in [1.54, 1.807) is 0 Å². The molecule has 0 aliphatic carbocycles. The fraction of sp³-hybridized carbons (Fsp3) is 0.600. The van der Waals surface area contributed by atoms with Crippen LogP contribution in [0.15, 0.2) is 24.3 Å². The van der Waals surface area contributed by atoms with Gasteiger partial charge in [0, 0.05) is 12.6 Å². The van der Waals surface area contributed by atoms with Crippen LogP contribution in [0.25, 0.3) is 0 Å². The van der Waals surface area contributed by atoms with Crippen molar-refractivity contribution in [3.63, 3.8) is 0 Å². The minimum absolute atomic E-state index is 0.106.